The molecule has 0 saturated carbocycles. The van der Waals surface area contributed by atoms with E-state index >= 15 is 0 Å². The molecule has 2 aromatic heterocycles. The average molecular weight is 1240 g/mol. The van der Waals surface area contributed by atoms with Crippen molar-refractivity contribution in [2.24, 2.45) is 0 Å². The SMILES string of the molecule is [2H]c1c([2H])c([2H])c(-c2cnc(-n3c4[c-]c(Oc5[c-]c(C6=COC7=C(c8c(-c9ccccc9)cccc8-c8ccccc8)N(c8c(-c9ccccc9)cccc8-c8ccccc8)[CH-]N67)ccc5)ccc4c4cc(C(C)(C)C)ccc43)cc2C)c([2H])c1[2H].[Pt]. The summed E-state index contributed by atoms with van der Waals surface area (Å²) < 4.78 is 58.2. The number of aromatic nitrogens is 2. The number of fused-ring (bicyclic) bond motifs is 4. The second-order valence-corrected chi connectivity index (χ2v) is 21.3. The molecule has 0 bridgehead atoms. The molecule has 6 nitrogen and oxygen atoms in total. The van der Waals surface area contributed by atoms with Crippen LogP contribution >= 0.6 is 0 Å². The van der Waals surface area contributed by atoms with Crippen LogP contribution in [0.15, 0.2) is 261 Å². The number of rotatable bonds is 11. The molecule has 2 aliphatic heterocycles. The van der Waals surface area contributed by atoms with Crippen molar-refractivity contribution in [2.45, 2.75) is 33.1 Å². The van der Waals surface area contributed by atoms with Crippen LogP contribution in [0.4, 0.5) is 5.69 Å². The van der Waals surface area contributed by atoms with Gasteiger partial charge in [0.15, 0.2) is 5.88 Å². The summed E-state index contributed by atoms with van der Waals surface area (Å²) in [6, 6.07) is 78.9. The van der Waals surface area contributed by atoms with Crippen LogP contribution in [0.25, 0.3) is 94.7 Å². The summed E-state index contributed by atoms with van der Waals surface area (Å²) in [6.45, 7) is 10.6. The molecule has 4 heterocycles. The Bertz CT molecular complexity index is 4590. The van der Waals surface area contributed by atoms with Gasteiger partial charge in [-0.05, 0) is 85.6 Å². The zero-order valence-electron chi connectivity index (χ0n) is 50.4. The summed E-state index contributed by atoms with van der Waals surface area (Å²) in [7, 11) is 0. The maximum atomic E-state index is 8.73. The number of hydrogen-bond donors (Lipinski definition) is 0. The molecule has 2 aliphatic rings. The Kier molecular flexibility index (Phi) is 12.2. The van der Waals surface area contributed by atoms with E-state index in [1.54, 1.807) is 12.5 Å². The Morgan fingerprint density at radius 1 is 0.549 bits per heavy atom. The smallest absolute Gasteiger partial charge is 0.184 e. The molecule has 0 atom stereocenters. The van der Waals surface area contributed by atoms with Crippen molar-refractivity contribution in [2.75, 3.05) is 4.90 Å². The molecule has 400 valence electrons. The number of anilines is 1. The van der Waals surface area contributed by atoms with Crippen LogP contribution < -0.4 is 9.64 Å². The van der Waals surface area contributed by atoms with Gasteiger partial charge >= 0.3 is 0 Å². The summed E-state index contributed by atoms with van der Waals surface area (Å²) in [5.74, 6) is 2.12. The van der Waals surface area contributed by atoms with Gasteiger partial charge in [0.1, 0.15) is 5.82 Å². The first kappa shape index (κ1) is 46.3. The molecule has 12 aromatic rings. The van der Waals surface area contributed by atoms with Crippen LogP contribution in [0.2, 0.25) is 0 Å². The van der Waals surface area contributed by atoms with E-state index in [-0.39, 0.29) is 44.1 Å². The Labute approximate surface area is 500 Å². The van der Waals surface area contributed by atoms with Crippen molar-refractivity contribution in [3.8, 4) is 73.0 Å². The summed E-state index contributed by atoms with van der Waals surface area (Å²) >= 11 is 0. The van der Waals surface area contributed by atoms with Crippen molar-refractivity contribution in [3.63, 3.8) is 0 Å². The molecule has 7 heteroatoms. The van der Waals surface area contributed by atoms with E-state index in [1.165, 1.54) is 5.56 Å². The predicted octanol–water partition coefficient (Wildman–Crippen LogP) is 19.1. The maximum Gasteiger partial charge on any atom is 0.184 e. The number of ether oxygens (including phenoxy) is 2. The van der Waals surface area contributed by atoms with Gasteiger partial charge in [0.05, 0.1) is 18.8 Å². The van der Waals surface area contributed by atoms with Crippen LogP contribution in [-0.2, 0) is 31.2 Å². The zero-order valence-corrected chi connectivity index (χ0v) is 47.6. The Morgan fingerprint density at radius 2 is 1.12 bits per heavy atom. The number of aryl methyl sites for hydroxylation is 1. The first-order chi connectivity index (χ1) is 41.8. The van der Waals surface area contributed by atoms with Gasteiger partial charge in [0.25, 0.3) is 0 Å². The first-order valence-electron chi connectivity index (χ1n) is 29.6. The van der Waals surface area contributed by atoms with Crippen molar-refractivity contribution < 1.29 is 37.4 Å². The fraction of sp³-hybridized carbons (Fsp3) is 0.0667. The van der Waals surface area contributed by atoms with Crippen LogP contribution in [0.1, 0.15) is 49.9 Å². The number of pyridine rings is 1. The second kappa shape index (κ2) is 21.5. The summed E-state index contributed by atoms with van der Waals surface area (Å²) in [5, 5.41) is 1.95. The Hall–Kier alpha value is -9.48. The standard InChI is InChI=1S/C75H55N4O2.Pt/c1-50-43-70(76-47-66(50)55-31-18-9-19-32-55)79-67-42-39-57(75(2,3)4)45-65(67)64-41-40-59(46-68(64)79)81-58-34-20-33-56(44-58)69-48-80-74-73(71-60(51-23-10-5-11-24-51)35-21-36-61(71)52-25-12-6-13-26-52)78(49-77(69)74)72-62(53-27-14-7-15-28-53)37-22-38-63(72)54-29-16-8-17-30-54;/h5-43,45,47-49H,1-4H3;/q-3;/i9D,18D,19D,31D,32D;. The zero-order chi connectivity index (χ0) is 59.0. The number of hydrogen-bond acceptors (Lipinski definition) is 5. The molecule has 14 rings (SSSR count). The maximum absolute atomic E-state index is 8.73. The van der Waals surface area contributed by atoms with Gasteiger partial charge in [-0.1, -0.05) is 232 Å². The fourth-order valence-electron chi connectivity index (χ4n) is 11.3. The topological polar surface area (TPSA) is 42.8 Å². The molecule has 0 N–H and O–H groups in total. The van der Waals surface area contributed by atoms with Crippen LogP contribution in [0.3, 0.4) is 0 Å². The number of benzene rings is 10. The minimum Gasteiger partial charge on any atom is -0.503 e. The molecule has 0 aliphatic carbocycles. The van der Waals surface area contributed by atoms with Gasteiger partial charge in [-0.25, -0.2) is 4.98 Å². The quantitative estimate of drug-likeness (QED) is 0.121. The third-order valence-corrected chi connectivity index (χ3v) is 15.2. The van der Waals surface area contributed by atoms with Gasteiger partial charge < -0.3 is 23.8 Å². The minimum absolute atomic E-state index is 0. The van der Waals surface area contributed by atoms with E-state index in [0.717, 1.165) is 94.5 Å². The molecule has 0 spiro atoms. The van der Waals surface area contributed by atoms with Gasteiger partial charge in [-0.3, -0.25) is 0 Å². The van der Waals surface area contributed by atoms with E-state index in [0.29, 0.717) is 34.3 Å². The molecule has 0 fully saturated rings. The monoisotopic (exact) mass is 1240 g/mol. The van der Waals surface area contributed by atoms with E-state index in [1.807, 2.05) is 66.1 Å². The Morgan fingerprint density at radius 3 is 1.72 bits per heavy atom. The molecule has 0 amide bonds. The molecule has 0 unspecified atom stereocenters. The molecular weight excluding hydrogens is 1180 g/mol. The van der Waals surface area contributed by atoms with E-state index in [9.17, 15) is 0 Å². The predicted molar refractivity (Wildman–Crippen MR) is 331 cm³/mol. The molecule has 10 aromatic carbocycles. The molecule has 0 radical (unpaired) electrons. The van der Waals surface area contributed by atoms with Crippen molar-refractivity contribution in [3.05, 3.63) is 302 Å². The Balaban J connectivity index is 0.00000700. The van der Waals surface area contributed by atoms with Gasteiger partial charge in [0, 0.05) is 72.2 Å². The van der Waals surface area contributed by atoms with Gasteiger partial charge in [0.2, 0.25) is 0 Å². The third kappa shape index (κ3) is 9.39. The van der Waals surface area contributed by atoms with Crippen LogP contribution in [-0.4, -0.2) is 14.5 Å². The van der Waals surface area contributed by atoms with E-state index < -0.39 is 18.1 Å². The minimum atomic E-state index is -0.441. The molecule has 0 saturated heterocycles. The van der Waals surface area contributed by atoms with Crippen LogP contribution in [0.5, 0.6) is 11.5 Å². The first-order valence-corrected chi connectivity index (χ1v) is 27.1. The number of nitrogens with zero attached hydrogens (tertiary/aromatic N) is 4. The normalized spacial score (nSPS) is 13.9. The molecule has 82 heavy (non-hydrogen) atoms. The van der Waals surface area contributed by atoms with Crippen molar-refractivity contribution in [1.82, 2.24) is 14.5 Å². The fourth-order valence-corrected chi connectivity index (χ4v) is 11.3. The van der Waals surface area contributed by atoms with Crippen molar-refractivity contribution >= 4 is 38.9 Å². The summed E-state index contributed by atoms with van der Waals surface area (Å²) in [5.41, 5.74) is 16.7. The average Bonchev–Trinajstić information content (AvgIpc) is 1.67. The van der Waals surface area contributed by atoms with Gasteiger partial charge in [-0.2, -0.15) is 12.7 Å². The van der Waals surface area contributed by atoms with E-state index in [2.05, 4.69) is 207 Å². The van der Waals surface area contributed by atoms with Crippen LogP contribution in [0, 0.1) is 25.7 Å². The second-order valence-electron chi connectivity index (χ2n) is 21.3. The van der Waals surface area contributed by atoms with Gasteiger partial charge in [-0.15, -0.1) is 41.3 Å². The van der Waals surface area contributed by atoms with E-state index in [4.69, 9.17) is 21.3 Å². The van der Waals surface area contributed by atoms with Crippen molar-refractivity contribution in [1.29, 1.82) is 0 Å². The largest absolute Gasteiger partial charge is 0.503 e. The number of para-hydroxylation sites is 1. The summed E-state index contributed by atoms with van der Waals surface area (Å²) in [6.07, 6.45) is 3.39. The summed E-state index contributed by atoms with van der Waals surface area (Å²) in [4.78, 5) is 9.38. The molecular formula is C75H55N4O2Pt-3. The third-order valence-electron chi connectivity index (χ3n) is 15.2.